The lowest BCUT2D eigenvalue weighted by Crippen LogP contribution is -2.53. The summed E-state index contributed by atoms with van der Waals surface area (Å²) in [4.78, 5) is 6.37. The number of rotatable bonds is 5. The van der Waals surface area contributed by atoms with Crippen LogP contribution in [0.4, 0.5) is 13.2 Å². The molecule has 4 nitrogen and oxygen atoms in total. The fourth-order valence-corrected chi connectivity index (χ4v) is 3.31. The van der Waals surface area contributed by atoms with E-state index in [1.165, 1.54) is 11.3 Å². The Morgan fingerprint density at radius 2 is 2.09 bits per heavy atom. The standard InChI is InChI=1S/C14H21F3N2O2S/c1-3-21-10(2)12-18-11(9-22-12)8-19-6-4-13(20,5-7-19)14(15,16)17/h9-10,20H,3-8H2,1-2H3. The van der Waals surface area contributed by atoms with Crippen molar-refractivity contribution in [3.05, 3.63) is 16.1 Å². The molecular formula is C14H21F3N2O2S. The van der Waals surface area contributed by atoms with Crippen molar-refractivity contribution in [3.63, 3.8) is 0 Å². The van der Waals surface area contributed by atoms with Gasteiger partial charge in [-0.3, -0.25) is 4.90 Å². The Kier molecular flexibility index (Phi) is 5.47. The van der Waals surface area contributed by atoms with E-state index in [4.69, 9.17) is 4.74 Å². The summed E-state index contributed by atoms with van der Waals surface area (Å²) < 4.78 is 43.7. The third-order valence-electron chi connectivity index (χ3n) is 3.93. The third-order valence-corrected chi connectivity index (χ3v) is 4.99. The molecule has 1 saturated heterocycles. The van der Waals surface area contributed by atoms with Crippen LogP contribution in [0.5, 0.6) is 0 Å². The molecule has 0 saturated carbocycles. The highest BCUT2D eigenvalue weighted by Crippen LogP contribution is 2.38. The van der Waals surface area contributed by atoms with Crippen LogP contribution in [0.1, 0.15) is 43.5 Å². The first-order chi connectivity index (χ1) is 10.2. The topological polar surface area (TPSA) is 45.6 Å². The minimum absolute atomic E-state index is 0.0690. The predicted molar refractivity (Wildman–Crippen MR) is 77.7 cm³/mol. The fraction of sp³-hybridized carbons (Fsp3) is 0.786. The van der Waals surface area contributed by atoms with Crippen molar-refractivity contribution in [2.45, 2.75) is 51.1 Å². The number of thiazole rings is 1. The monoisotopic (exact) mass is 338 g/mol. The minimum atomic E-state index is -4.56. The Morgan fingerprint density at radius 1 is 1.45 bits per heavy atom. The summed E-state index contributed by atoms with van der Waals surface area (Å²) in [5.74, 6) is 0. The Labute approximate surface area is 131 Å². The van der Waals surface area contributed by atoms with Crippen LogP contribution in [0.2, 0.25) is 0 Å². The van der Waals surface area contributed by atoms with Gasteiger partial charge in [0, 0.05) is 31.6 Å². The number of piperidine rings is 1. The number of ether oxygens (including phenoxy) is 1. The first-order valence-corrected chi connectivity index (χ1v) is 8.20. The number of alkyl halides is 3. The minimum Gasteiger partial charge on any atom is -0.380 e. The van der Waals surface area contributed by atoms with Gasteiger partial charge in [-0.1, -0.05) is 0 Å². The van der Waals surface area contributed by atoms with Crippen molar-refractivity contribution in [3.8, 4) is 0 Å². The Bertz CT molecular complexity index is 485. The van der Waals surface area contributed by atoms with E-state index in [0.29, 0.717) is 13.2 Å². The zero-order chi connectivity index (χ0) is 16.4. The third kappa shape index (κ3) is 3.98. The quantitative estimate of drug-likeness (QED) is 0.896. The average molecular weight is 338 g/mol. The van der Waals surface area contributed by atoms with Crippen LogP contribution in [-0.2, 0) is 11.3 Å². The molecule has 22 heavy (non-hydrogen) atoms. The molecule has 1 N–H and O–H groups in total. The SMILES string of the molecule is CCOC(C)c1nc(CN2CCC(O)(C(F)(F)F)CC2)cs1. The van der Waals surface area contributed by atoms with Crippen molar-refractivity contribution in [1.29, 1.82) is 0 Å². The number of hydrogen-bond donors (Lipinski definition) is 1. The molecule has 1 unspecified atom stereocenters. The van der Waals surface area contributed by atoms with E-state index in [-0.39, 0.29) is 32.0 Å². The summed E-state index contributed by atoms with van der Waals surface area (Å²) in [6.07, 6.45) is -5.20. The van der Waals surface area contributed by atoms with Crippen LogP contribution < -0.4 is 0 Å². The van der Waals surface area contributed by atoms with Crippen LogP contribution in [0.25, 0.3) is 0 Å². The van der Waals surface area contributed by atoms with E-state index in [9.17, 15) is 18.3 Å². The molecule has 1 aliphatic heterocycles. The number of likely N-dealkylation sites (tertiary alicyclic amines) is 1. The van der Waals surface area contributed by atoms with Crippen molar-refractivity contribution < 1.29 is 23.0 Å². The normalized spacial score (nSPS) is 21.0. The van der Waals surface area contributed by atoms with Gasteiger partial charge in [-0.2, -0.15) is 13.2 Å². The van der Waals surface area contributed by atoms with E-state index < -0.39 is 11.8 Å². The molecule has 2 rings (SSSR count). The van der Waals surface area contributed by atoms with Gasteiger partial charge in [0.1, 0.15) is 11.1 Å². The summed E-state index contributed by atoms with van der Waals surface area (Å²) in [6.45, 7) is 5.38. The molecule has 0 aliphatic carbocycles. The van der Waals surface area contributed by atoms with Crippen LogP contribution in [0, 0.1) is 0 Å². The molecule has 1 fully saturated rings. The fourth-order valence-electron chi connectivity index (χ4n) is 2.50. The molecule has 0 aromatic carbocycles. The molecule has 126 valence electrons. The van der Waals surface area contributed by atoms with E-state index in [1.807, 2.05) is 24.1 Å². The number of nitrogens with zero attached hydrogens (tertiary/aromatic N) is 2. The molecular weight excluding hydrogens is 317 g/mol. The average Bonchev–Trinajstić information content (AvgIpc) is 2.89. The lowest BCUT2D eigenvalue weighted by molar-refractivity contribution is -0.272. The lowest BCUT2D eigenvalue weighted by Gasteiger charge is -2.38. The van der Waals surface area contributed by atoms with Gasteiger partial charge in [-0.25, -0.2) is 4.98 Å². The summed E-state index contributed by atoms with van der Waals surface area (Å²) in [7, 11) is 0. The number of halogens is 3. The van der Waals surface area contributed by atoms with Crippen molar-refractivity contribution in [2.75, 3.05) is 19.7 Å². The highest BCUT2D eigenvalue weighted by atomic mass is 32.1. The summed E-state index contributed by atoms with van der Waals surface area (Å²) >= 11 is 1.50. The lowest BCUT2D eigenvalue weighted by atomic mass is 9.91. The number of aliphatic hydroxyl groups is 1. The molecule has 0 radical (unpaired) electrons. The smallest absolute Gasteiger partial charge is 0.380 e. The van der Waals surface area contributed by atoms with Crippen LogP contribution in [0.15, 0.2) is 5.38 Å². The molecule has 8 heteroatoms. The van der Waals surface area contributed by atoms with Crippen LogP contribution >= 0.6 is 11.3 Å². The molecule has 0 amide bonds. The van der Waals surface area contributed by atoms with Gasteiger partial charge in [0.2, 0.25) is 0 Å². The Hall–Kier alpha value is -0.700. The second-order valence-electron chi connectivity index (χ2n) is 5.58. The number of aromatic nitrogens is 1. The van der Waals surface area contributed by atoms with E-state index >= 15 is 0 Å². The van der Waals surface area contributed by atoms with Gasteiger partial charge in [0.05, 0.1) is 5.69 Å². The molecule has 1 atom stereocenters. The van der Waals surface area contributed by atoms with E-state index in [2.05, 4.69) is 4.98 Å². The largest absolute Gasteiger partial charge is 0.417 e. The molecule has 2 heterocycles. The summed E-state index contributed by atoms with van der Waals surface area (Å²) in [6, 6.07) is 0. The molecule has 1 aromatic rings. The summed E-state index contributed by atoms with van der Waals surface area (Å²) in [5, 5.41) is 12.4. The molecule has 1 aliphatic rings. The van der Waals surface area contributed by atoms with Gasteiger partial charge in [0.25, 0.3) is 0 Å². The molecule has 1 aromatic heterocycles. The maximum Gasteiger partial charge on any atom is 0.417 e. The van der Waals surface area contributed by atoms with Crippen LogP contribution in [0.3, 0.4) is 0 Å². The first-order valence-electron chi connectivity index (χ1n) is 7.32. The summed E-state index contributed by atoms with van der Waals surface area (Å²) in [5.41, 5.74) is -1.70. The van der Waals surface area contributed by atoms with Gasteiger partial charge in [-0.15, -0.1) is 11.3 Å². The van der Waals surface area contributed by atoms with Crippen molar-refractivity contribution in [2.24, 2.45) is 0 Å². The number of hydrogen-bond acceptors (Lipinski definition) is 5. The van der Waals surface area contributed by atoms with Gasteiger partial charge in [0.15, 0.2) is 5.60 Å². The van der Waals surface area contributed by atoms with Crippen molar-refractivity contribution >= 4 is 11.3 Å². The van der Waals surface area contributed by atoms with Gasteiger partial charge >= 0.3 is 6.18 Å². The maximum absolute atomic E-state index is 12.8. The Balaban J connectivity index is 1.89. The highest BCUT2D eigenvalue weighted by molar-refractivity contribution is 7.09. The van der Waals surface area contributed by atoms with E-state index in [0.717, 1.165) is 10.7 Å². The highest BCUT2D eigenvalue weighted by Gasteiger charge is 2.54. The molecule has 0 spiro atoms. The molecule has 0 bridgehead atoms. The second-order valence-corrected chi connectivity index (χ2v) is 6.47. The van der Waals surface area contributed by atoms with Gasteiger partial charge < -0.3 is 9.84 Å². The Morgan fingerprint density at radius 3 is 2.64 bits per heavy atom. The van der Waals surface area contributed by atoms with Gasteiger partial charge in [-0.05, 0) is 26.7 Å². The first kappa shape index (κ1) is 17.7. The second kappa shape index (κ2) is 6.82. The maximum atomic E-state index is 12.8. The predicted octanol–water partition coefficient (Wildman–Crippen LogP) is 3.13. The van der Waals surface area contributed by atoms with E-state index in [1.54, 1.807) is 0 Å². The zero-order valence-electron chi connectivity index (χ0n) is 12.7. The van der Waals surface area contributed by atoms with Crippen LogP contribution in [-0.4, -0.2) is 46.5 Å². The van der Waals surface area contributed by atoms with Crippen molar-refractivity contribution in [1.82, 2.24) is 9.88 Å². The zero-order valence-corrected chi connectivity index (χ0v) is 13.5.